The Labute approximate surface area is 133 Å². The van der Waals surface area contributed by atoms with Crippen molar-refractivity contribution in [3.63, 3.8) is 0 Å². The molecule has 1 N–H and O–H groups in total. The smallest absolute Gasteiger partial charge is 0.0944 e. The molecular formula is C17H30N2OS. The van der Waals surface area contributed by atoms with Gasteiger partial charge in [0.2, 0.25) is 0 Å². The third-order valence-electron chi connectivity index (χ3n) is 4.32. The number of aromatic nitrogens is 1. The molecule has 1 aromatic heterocycles. The van der Waals surface area contributed by atoms with Gasteiger partial charge >= 0.3 is 0 Å². The molecule has 2 heterocycles. The predicted molar refractivity (Wildman–Crippen MR) is 90.1 cm³/mol. The van der Waals surface area contributed by atoms with Crippen LogP contribution in [0.5, 0.6) is 0 Å². The summed E-state index contributed by atoms with van der Waals surface area (Å²) < 4.78 is 5.77. The molecule has 1 fully saturated rings. The van der Waals surface area contributed by atoms with Crippen LogP contribution in [-0.2, 0) is 16.6 Å². The summed E-state index contributed by atoms with van der Waals surface area (Å²) in [6.45, 7) is 13.1. The first kappa shape index (κ1) is 16.9. The quantitative estimate of drug-likeness (QED) is 0.868. The number of nitrogens with one attached hydrogen (secondary N) is 1. The fourth-order valence-electron chi connectivity index (χ4n) is 2.92. The molecule has 0 saturated carbocycles. The van der Waals surface area contributed by atoms with Crippen molar-refractivity contribution >= 4 is 11.3 Å². The van der Waals surface area contributed by atoms with Crippen LogP contribution in [-0.4, -0.2) is 30.3 Å². The van der Waals surface area contributed by atoms with Crippen molar-refractivity contribution in [1.29, 1.82) is 0 Å². The molecule has 4 heteroatoms. The van der Waals surface area contributed by atoms with Crippen molar-refractivity contribution in [2.24, 2.45) is 5.92 Å². The first-order chi connectivity index (χ1) is 9.91. The highest BCUT2D eigenvalue weighted by Crippen LogP contribution is 2.29. The highest BCUT2D eigenvalue weighted by molar-refractivity contribution is 7.09. The molecule has 0 amide bonds. The lowest BCUT2D eigenvalue weighted by molar-refractivity contribution is 0.0953. The van der Waals surface area contributed by atoms with Crippen LogP contribution in [0.3, 0.4) is 0 Å². The van der Waals surface area contributed by atoms with E-state index in [0.717, 1.165) is 19.6 Å². The van der Waals surface area contributed by atoms with Crippen LogP contribution in [0.2, 0.25) is 0 Å². The Morgan fingerprint density at radius 3 is 2.76 bits per heavy atom. The van der Waals surface area contributed by atoms with Gasteiger partial charge in [-0.2, -0.15) is 0 Å². The lowest BCUT2D eigenvalue weighted by Gasteiger charge is -2.26. The average Bonchev–Trinajstić information content (AvgIpc) is 3.02. The normalized spacial score (nSPS) is 24.4. The maximum absolute atomic E-state index is 5.77. The molecule has 3 unspecified atom stereocenters. The monoisotopic (exact) mass is 310 g/mol. The highest BCUT2D eigenvalue weighted by Gasteiger charge is 2.32. The topological polar surface area (TPSA) is 34.2 Å². The summed E-state index contributed by atoms with van der Waals surface area (Å²) in [6, 6.07) is 0.487. The van der Waals surface area contributed by atoms with Crippen molar-refractivity contribution < 1.29 is 4.74 Å². The summed E-state index contributed by atoms with van der Waals surface area (Å²) >= 11 is 1.81. The van der Waals surface area contributed by atoms with Crippen LogP contribution in [0.15, 0.2) is 5.38 Å². The molecule has 0 bridgehead atoms. The molecule has 1 aliphatic rings. The molecule has 3 nitrogen and oxygen atoms in total. The minimum Gasteiger partial charge on any atom is -0.378 e. The number of ether oxygens (including phenoxy) is 1. The van der Waals surface area contributed by atoms with E-state index in [2.05, 4.69) is 45.3 Å². The summed E-state index contributed by atoms with van der Waals surface area (Å²) in [7, 11) is 0. The zero-order valence-corrected chi connectivity index (χ0v) is 14.9. The number of thiazole rings is 1. The van der Waals surface area contributed by atoms with Gasteiger partial charge in [-0.1, -0.05) is 27.7 Å². The summed E-state index contributed by atoms with van der Waals surface area (Å²) in [6.07, 6.45) is 3.73. The SMILES string of the molecule is CCCNC(Cc1nc(C(C)(C)C)cs1)C1CCOC1C. The van der Waals surface area contributed by atoms with Gasteiger partial charge in [0.25, 0.3) is 0 Å². The molecular weight excluding hydrogens is 280 g/mol. The third kappa shape index (κ3) is 4.51. The van der Waals surface area contributed by atoms with Crippen LogP contribution in [0, 0.1) is 5.92 Å². The van der Waals surface area contributed by atoms with Gasteiger partial charge in [-0.25, -0.2) is 4.98 Å². The molecule has 120 valence electrons. The Hall–Kier alpha value is -0.450. The standard InChI is InChI=1S/C17H30N2OS/c1-6-8-18-14(13-7-9-20-12(13)2)10-16-19-15(11-21-16)17(3,4)5/h11-14,18H,6-10H2,1-5H3. The maximum atomic E-state index is 5.77. The highest BCUT2D eigenvalue weighted by atomic mass is 32.1. The third-order valence-corrected chi connectivity index (χ3v) is 5.19. The van der Waals surface area contributed by atoms with E-state index >= 15 is 0 Å². The van der Waals surface area contributed by atoms with Crippen molar-refractivity contribution in [3.8, 4) is 0 Å². The van der Waals surface area contributed by atoms with Crippen molar-refractivity contribution in [3.05, 3.63) is 16.1 Å². The molecule has 1 aliphatic heterocycles. The Balaban J connectivity index is 2.05. The van der Waals surface area contributed by atoms with Gasteiger partial charge in [0, 0.05) is 35.8 Å². The van der Waals surface area contributed by atoms with E-state index in [0.29, 0.717) is 18.1 Å². The molecule has 1 aromatic rings. The average molecular weight is 311 g/mol. The lowest BCUT2D eigenvalue weighted by atomic mass is 9.91. The van der Waals surface area contributed by atoms with Crippen molar-refractivity contribution in [1.82, 2.24) is 10.3 Å². The van der Waals surface area contributed by atoms with E-state index in [1.165, 1.54) is 23.5 Å². The van der Waals surface area contributed by atoms with Gasteiger partial charge in [0.1, 0.15) is 0 Å². The van der Waals surface area contributed by atoms with Crippen LogP contribution in [0.4, 0.5) is 0 Å². The number of hydrogen-bond acceptors (Lipinski definition) is 4. The van der Waals surface area contributed by atoms with E-state index < -0.39 is 0 Å². The first-order valence-electron chi connectivity index (χ1n) is 8.21. The van der Waals surface area contributed by atoms with Crippen molar-refractivity contribution in [2.75, 3.05) is 13.2 Å². The molecule has 21 heavy (non-hydrogen) atoms. The van der Waals surface area contributed by atoms with Gasteiger partial charge in [0.15, 0.2) is 0 Å². The largest absolute Gasteiger partial charge is 0.378 e. The Bertz CT molecular complexity index is 438. The molecule has 3 atom stereocenters. The summed E-state index contributed by atoms with van der Waals surface area (Å²) in [4.78, 5) is 4.86. The fourth-order valence-corrected chi connectivity index (χ4v) is 4.00. The van der Waals surface area contributed by atoms with Gasteiger partial charge in [-0.15, -0.1) is 11.3 Å². The second-order valence-corrected chi connectivity index (χ2v) is 8.11. The fraction of sp³-hybridized carbons (Fsp3) is 0.824. The Morgan fingerprint density at radius 1 is 1.48 bits per heavy atom. The van der Waals surface area contributed by atoms with E-state index in [9.17, 15) is 0 Å². The van der Waals surface area contributed by atoms with Crippen LogP contribution in [0.25, 0.3) is 0 Å². The van der Waals surface area contributed by atoms with Crippen LogP contribution >= 0.6 is 11.3 Å². The van der Waals surface area contributed by atoms with Crippen LogP contribution in [0.1, 0.15) is 58.2 Å². The van der Waals surface area contributed by atoms with Gasteiger partial charge < -0.3 is 10.1 Å². The van der Waals surface area contributed by atoms with E-state index in [1.54, 1.807) is 11.3 Å². The summed E-state index contributed by atoms with van der Waals surface area (Å²) in [5.74, 6) is 0.610. The number of nitrogens with zero attached hydrogens (tertiary/aromatic N) is 1. The molecule has 0 spiro atoms. The molecule has 0 aliphatic carbocycles. The molecule has 1 saturated heterocycles. The minimum atomic E-state index is 0.144. The second-order valence-electron chi connectivity index (χ2n) is 7.17. The number of hydrogen-bond donors (Lipinski definition) is 1. The van der Waals surface area contributed by atoms with Crippen molar-refractivity contribution in [2.45, 2.75) is 71.4 Å². The van der Waals surface area contributed by atoms with Gasteiger partial charge in [-0.3, -0.25) is 0 Å². The second kappa shape index (κ2) is 7.21. The van der Waals surface area contributed by atoms with Gasteiger partial charge in [-0.05, 0) is 26.3 Å². The molecule has 0 aromatic carbocycles. The van der Waals surface area contributed by atoms with E-state index in [4.69, 9.17) is 9.72 Å². The maximum Gasteiger partial charge on any atom is 0.0944 e. The molecule has 2 rings (SSSR count). The summed E-state index contributed by atoms with van der Waals surface area (Å²) in [5, 5.41) is 7.20. The molecule has 0 radical (unpaired) electrons. The van der Waals surface area contributed by atoms with E-state index in [-0.39, 0.29) is 5.41 Å². The summed E-state index contributed by atoms with van der Waals surface area (Å²) in [5.41, 5.74) is 1.36. The zero-order chi connectivity index (χ0) is 15.5. The minimum absolute atomic E-state index is 0.144. The van der Waals surface area contributed by atoms with Gasteiger partial charge in [0.05, 0.1) is 16.8 Å². The zero-order valence-electron chi connectivity index (χ0n) is 14.1. The number of rotatable bonds is 6. The Kier molecular flexibility index (Phi) is 5.81. The first-order valence-corrected chi connectivity index (χ1v) is 9.09. The Morgan fingerprint density at radius 2 is 2.24 bits per heavy atom. The predicted octanol–water partition coefficient (Wildman–Crippen LogP) is 3.78. The lowest BCUT2D eigenvalue weighted by Crippen LogP contribution is -2.41. The van der Waals surface area contributed by atoms with E-state index in [1.807, 2.05) is 0 Å². The van der Waals surface area contributed by atoms with Crippen LogP contribution < -0.4 is 5.32 Å².